The number of hydrogen-bond donors (Lipinski definition) is 3. The first kappa shape index (κ1) is 21.1. The van der Waals surface area contributed by atoms with Gasteiger partial charge in [0.15, 0.2) is 11.5 Å². The van der Waals surface area contributed by atoms with Crippen LogP contribution < -0.4 is 16.0 Å². The lowest BCUT2D eigenvalue weighted by molar-refractivity contribution is 0.0996. The number of aryl methyl sites for hydroxylation is 1. The van der Waals surface area contributed by atoms with Gasteiger partial charge < -0.3 is 20.9 Å². The summed E-state index contributed by atoms with van der Waals surface area (Å²) in [5, 5.41) is 3.93. The molecular formula is C23H24N8OS. The van der Waals surface area contributed by atoms with Gasteiger partial charge in [-0.05, 0) is 42.9 Å². The highest BCUT2D eigenvalue weighted by atomic mass is 32.1. The number of piperidine rings is 1. The average molecular weight is 461 g/mol. The molecule has 9 nitrogen and oxygen atoms in total. The van der Waals surface area contributed by atoms with Crippen molar-refractivity contribution in [2.45, 2.75) is 25.7 Å². The van der Waals surface area contributed by atoms with Crippen molar-refractivity contribution in [2.75, 3.05) is 23.3 Å². The molecule has 33 heavy (non-hydrogen) atoms. The Morgan fingerprint density at radius 1 is 1.24 bits per heavy atom. The Morgan fingerprint density at radius 3 is 2.85 bits per heavy atom. The van der Waals surface area contributed by atoms with Gasteiger partial charge in [-0.1, -0.05) is 30.3 Å². The Kier molecular flexibility index (Phi) is 5.74. The number of hydrogen-bond acceptors (Lipinski definition) is 8. The highest BCUT2D eigenvalue weighted by Crippen LogP contribution is 2.30. The zero-order valence-electron chi connectivity index (χ0n) is 18.2. The summed E-state index contributed by atoms with van der Waals surface area (Å²) >= 11 is 1.30. The number of anilines is 3. The second-order valence-corrected chi connectivity index (χ2v) is 8.89. The SMILES string of the molecule is Cc1cc(Nc2nc(N3CCC[C@@H](c4ncc(-c5ccccc5)[nH]4)C3)cnc2C(N)=O)sn1. The minimum atomic E-state index is -0.627. The predicted octanol–water partition coefficient (Wildman–Crippen LogP) is 3.86. The molecular weight excluding hydrogens is 436 g/mol. The van der Waals surface area contributed by atoms with Gasteiger partial charge in [0.25, 0.3) is 5.91 Å². The molecule has 0 radical (unpaired) electrons. The van der Waals surface area contributed by atoms with Crippen LogP contribution in [0.1, 0.15) is 40.8 Å². The molecule has 0 unspecified atom stereocenters. The number of amides is 1. The molecule has 1 aromatic carbocycles. The Morgan fingerprint density at radius 2 is 2.09 bits per heavy atom. The second kappa shape index (κ2) is 8.99. The number of rotatable bonds is 6. The van der Waals surface area contributed by atoms with Crippen LogP contribution in [-0.4, -0.2) is 43.3 Å². The molecule has 4 N–H and O–H groups in total. The summed E-state index contributed by atoms with van der Waals surface area (Å²) in [6.45, 7) is 3.52. The molecule has 1 aliphatic heterocycles. The lowest BCUT2D eigenvalue weighted by atomic mass is 9.97. The van der Waals surface area contributed by atoms with Gasteiger partial charge >= 0.3 is 0 Å². The van der Waals surface area contributed by atoms with Gasteiger partial charge in [0.2, 0.25) is 0 Å². The van der Waals surface area contributed by atoms with Gasteiger partial charge in [0.05, 0.1) is 23.8 Å². The van der Waals surface area contributed by atoms with E-state index in [1.165, 1.54) is 11.5 Å². The van der Waals surface area contributed by atoms with E-state index in [1.807, 2.05) is 37.4 Å². The molecule has 1 aliphatic rings. The molecule has 1 fully saturated rings. The lowest BCUT2D eigenvalue weighted by Crippen LogP contribution is -2.35. The predicted molar refractivity (Wildman–Crippen MR) is 129 cm³/mol. The van der Waals surface area contributed by atoms with Crippen LogP contribution in [0.3, 0.4) is 0 Å². The number of H-pyrrole nitrogens is 1. The average Bonchev–Trinajstić information content (AvgIpc) is 3.49. The first-order valence-corrected chi connectivity index (χ1v) is 11.6. The standard InChI is InChI=1S/C23H24N8OS/c1-14-10-19(33-30-14)29-23-20(21(24)32)25-12-18(28-23)31-9-5-8-16(13-31)22-26-11-17(27-22)15-6-3-2-4-7-15/h2-4,6-7,10-12,16H,5,8-9,13H2,1H3,(H2,24,32)(H,26,27)(H,28,29)/t16-/m1/s1. The lowest BCUT2D eigenvalue weighted by Gasteiger charge is -2.32. The number of aromatic amines is 1. The van der Waals surface area contributed by atoms with Gasteiger partial charge in [-0.25, -0.2) is 15.0 Å². The summed E-state index contributed by atoms with van der Waals surface area (Å²) in [4.78, 5) is 31.3. The Bertz CT molecular complexity index is 1270. The fourth-order valence-electron chi connectivity index (χ4n) is 4.06. The number of nitrogens with zero attached hydrogens (tertiary/aromatic N) is 5. The molecule has 168 valence electrons. The third-order valence-corrected chi connectivity index (χ3v) is 6.47. The smallest absolute Gasteiger partial charge is 0.271 e. The van der Waals surface area contributed by atoms with Gasteiger partial charge in [0, 0.05) is 19.0 Å². The summed E-state index contributed by atoms with van der Waals surface area (Å²) in [6.07, 6.45) is 5.55. The maximum atomic E-state index is 11.9. The molecule has 1 atom stereocenters. The third kappa shape index (κ3) is 4.56. The van der Waals surface area contributed by atoms with Gasteiger partial charge in [-0.2, -0.15) is 4.37 Å². The van der Waals surface area contributed by atoms with Crippen LogP contribution in [0.4, 0.5) is 16.6 Å². The molecule has 5 rings (SSSR count). The highest BCUT2D eigenvalue weighted by Gasteiger charge is 2.26. The fraction of sp³-hybridized carbons (Fsp3) is 0.261. The Labute approximate surface area is 195 Å². The molecule has 4 heterocycles. The van der Waals surface area contributed by atoms with E-state index in [1.54, 1.807) is 6.20 Å². The van der Waals surface area contributed by atoms with E-state index in [9.17, 15) is 4.79 Å². The zero-order valence-corrected chi connectivity index (χ0v) is 19.0. The van der Waals surface area contributed by atoms with E-state index in [-0.39, 0.29) is 11.6 Å². The molecule has 0 aliphatic carbocycles. The van der Waals surface area contributed by atoms with E-state index >= 15 is 0 Å². The Balaban J connectivity index is 1.37. The van der Waals surface area contributed by atoms with Crippen LogP contribution in [0.2, 0.25) is 0 Å². The maximum Gasteiger partial charge on any atom is 0.271 e. The highest BCUT2D eigenvalue weighted by molar-refractivity contribution is 7.10. The van der Waals surface area contributed by atoms with E-state index < -0.39 is 5.91 Å². The first-order chi connectivity index (χ1) is 16.1. The molecule has 1 amide bonds. The number of primary amides is 1. The van der Waals surface area contributed by atoms with Crippen molar-refractivity contribution < 1.29 is 4.79 Å². The summed E-state index contributed by atoms with van der Waals surface area (Å²) in [7, 11) is 0. The van der Waals surface area contributed by atoms with Crippen molar-refractivity contribution in [3.05, 3.63) is 66.0 Å². The largest absolute Gasteiger partial charge is 0.364 e. The number of benzene rings is 1. The van der Waals surface area contributed by atoms with Crippen LogP contribution in [-0.2, 0) is 0 Å². The fourth-order valence-corrected chi connectivity index (χ4v) is 4.72. The number of carbonyl (C=O) groups is 1. The van der Waals surface area contributed by atoms with Crippen molar-refractivity contribution in [1.29, 1.82) is 0 Å². The summed E-state index contributed by atoms with van der Waals surface area (Å²) < 4.78 is 4.26. The number of carbonyl (C=O) groups excluding carboxylic acids is 1. The van der Waals surface area contributed by atoms with Gasteiger partial charge in [-0.15, -0.1) is 0 Å². The van der Waals surface area contributed by atoms with E-state index in [4.69, 9.17) is 10.7 Å². The number of nitrogens with two attached hydrogens (primary N) is 1. The van der Waals surface area contributed by atoms with Crippen molar-refractivity contribution in [3.63, 3.8) is 0 Å². The minimum absolute atomic E-state index is 0.108. The molecule has 0 saturated carbocycles. The first-order valence-electron chi connectivity index (χ1n) is 10.8. The summed E-state index contributed by atoms with van der Waals surface area (Å²) in [6, 6.07) is 12.1. The third-order valence-electron chi connectivity index (χ3n) is 5.68. The monoisotopic (exact) mass is 460 g/mol. The van der Waals surface area contributed by atoms with Crippen LogP contribution in [0.15, 0.2) is 48.8 Å². The molecule has 0 spiro atoms. The topological polar surface area (TPSA) is 126 Å². The van der Waals surface area contributed by atoms with Crippen LogP contribution in [0, 0.1) is 6.92 Å². The normalized spacial score (nSPS) is 16.0. The molecule has 3 aromatic heterocycles. The van der Waals surface area contributed by atoms with Crippen molar-refractivity contribution in [1.82, 2.24) is 24.3 Å². The zero-order chi connectivity index (χ0) is 22.8. The number of nitrogens with one attached hydrogen (secondary N) is 2. The maximum absolute atomic E-state index is 11.9. The van der Waals surface area contributed by atoms with Crippen molar-refractivity contribution in [3.8, 4) is 11.3 Å². The van der Waals surface area contributed by atoms with E-state index in [0.29, 0.717) is 11.6 Å². The molecule has 1 saturated heterocycles. The van der Waals surface area contributed by atoms with Crippen LogP contribution >= 0.6 is 11.5 Å². The minimum Gasteiger partial charge on any atom is -0.364 e. The van der Waals surface area contributed by atoms with E-state index in [2.05, 4.69) is 41.7 Å². The van der Waals surface area contributed by atoms with Gasteiger partial charge in [0.1, 0.15) is 16.6 Å². The Hall–Kier alpha value is -3.79. The number of imidazole rings is 1. The van der Waals surface area contributed by atoms with Crippen LogP contribution in [0.5, 0.6) is 0 Å². The van der Waals surface area contributed by atoms with Crippen molar-refractivity contribution >= 4 is 34.1 Å². The molecule has 4 aromatic rings. The quantitative estimate of drug-likeness (QED) is 0.399. The second-order valence-electron chi connectivity index (χ2n) is 8.08. The summed E-state index contributed by atoms with van der Waals surface area (Å²) in [5.74, 6) is 1.63. The summed E-state index contributed by atoms with van der Waals surface area (Å²) in [5.41, 5.74) is 8.66. The molecule has 10 heteroatoms. The van der Waals surface area contributed by atoms with Crippen LogP contribution in [0.25, 0.3) is 11.3 Å². The van der Waals surface area contributed by atoms with Gasteiger partial charge in [-0.3, -0.25) is 4.79 Å². The molecule has 0 bridgehead atoms. The van der Waals surface area contributed by atoms with E-state index in [0.717, 1.165) is 53.7 Å². The number of aromatic nitrogens is 5. The van der Waals surface area contributed by atoms with Crippen molar-refractivity contribution in [2.24, 2.45) is 5.73 Å².